The Morgan fingerprint density at radius 1 is 1.58 bits per heavy atom. The summed E-state index contributed by atoms with van der Waals surface area (Å²) in [5.41, 5.74) is 1.70. The fourth-order valence-electron chi connectivity index (χ4n) is 2.25. The summed E-state index contributed by atoms with van der Waals surface area (Å²) in [5.74, 6) is 1.70. The third-order valence-corrected chi connectivity index (χ3v) is 2.71. The molecule has 1 heterocycles. The molecule has 1 aliphatic carbocycles. The second-order valence-electron chi connectivity index (χ2n) is 4.65. The van der Waals surface area contributed by atoms with Crippen molar-refractivity contribution in [2.75, 3.05) is 0 Å². The molecule has 0 N–H and O–H groups in total. The first-order valence-corrected chi connectivity index (χ1v) is 4.52. The maximum Gasteiger partial charge on any atom is 0.140 e. The van der Waals surface area contributed by atoms with Crippen LogP contribution in [0.5, 0.6) is 0 Å². The van der Waals surface area contributed by atoms with Crippen molar-refractivity contribution in [3.8, 4) is 0 Å². The van der Waals surface area contributed by atoms with E-state index in [1.807, 2.05) is 6.20 Å². The van der Waals surface area contributed by atoms with Crippen LogP contribution in [0.3, 0.4) is 0 Å². The zero-order valence-electron chi connectivity index (χ0n) is 7.92. The Balaban J connectivity index is 2.38. The summed E-state index contributed by atoms with van der Waals surface area (Å²) in [6, 6.07) is 0. The van der Waals surface area contributed by atoms with Gasteiger partial charge in [0, 0.05) is 12.0 Å². The van der Waals surface area contributed by atoms with Crippen molar-refractivity contribution in [1.82, 2.24) is 5.16 Å². The molecule has 0 aliphatic heterocycles. The van der Waals surface area contributed by atoms with Crippen molar-refractivity contribution in [2.24, 2.45) is 5.41 Å². The van der Waals surface area contributed by atoms with Crippen LogP contribution in [0, 0.1) is 5.41 Å². The van der Waals surface area contributed by atoms with Crippen molar-refractivity contribution < 1.29 is 4.52 Å². The highest BCUT2D eigenvalue weighted by Gasteiger charge is 2.32. The molecule has 0 saturated carbocycles. The minimum Gasteiger partial charge on any atom is -0.361 e. The predicted molar refractivity (Wildman–Crippen MR) is 47.0 cm³/mol. The predicted octanol–water partition coefficient (Wildman–Crippen LogP) is 2.75. The van der Waals surface area contributed by atoms with Gasteiger partial charge in [-0.05, 0) is 17.8 Å². The maximum atomic E-state index is 5.21. The SMILES string of the molecule is C[C@@H]1CC(C)(C)Cc2oncc21. The lowest BCUT2D eigenvalue weighted by molar-refractivity contribution is 0.246. The van der Waals surface area contributed by atoms with Crippen LogP contribution in [0.1, 0.15) is 44.4 Å². The van der Waals surface area contributed by atoms with Crippen molar-refractivity contribution in [3.05, 3.63) is 17.5 Å². The van der Waals surface area contributed by atoms with Crippen molar-refractivity contribution in [3.63, 3.8) is 0 Å². The first-order chi connectivity index (χ1) is 5.58. The van der Waals surface area contributed by atoms with Crippen molar-refractivity contribution >= 4 is 0 Å². The average Bonchev–Trinajstić information content (AvgIpc) is 2.31. The summed E-state index contributed by atoms with van der Waals surface area (Å²) in [7, 11) is 0. The molecule has 0 saturated heterocycles. The van der Waals surface area contributed by atoms with Crippen LogP contribution in [-0.4, -0.2) is 5.16 Å². The van der Waals surface area contributed by atoms with Crippen LogP contribution in [0.4, 0.5) is 0 Å². The Bertz CT molecular complexity index is 288. The zero-order valence-corrected chi connectivity index (χ0v) is 7.92. The lowest BCUT2D eigenvalue weighted by Gasteiger charge is -2.31. The average molecular weight is 165 g/mol. The fourth-order valence-corrected chi connectivity index (χ4v) is 2.25. The molecule has 0 spiro atoms. The van der Waals surface area contributed by atoms with Gasteiger partial charge in [-0.25, -0.2) is 0 Å². The van der Waals surface area contributed by atoms with Crippen LogP contribution < -0.4 is 0 Å². The zero-order chi connectivity index (χ0) is 8.77. The van der Waals surface area contributed by atoms with Gasteiger partial charge in [0.1, 0.15) is 5.76 Å². The number of hydrogen-bond acceptors (Lipinski definition) is 2. The third-order valence-electron chi connectivity index (χ3n) is 2.71. The number of rotatable bonds is 0. The topological polar surface area (TPSA) is 26.0 Å². The molecule has 2 heteroatoms. The van der Waals surface area contributed by atoms with Gasteiger partial charge >= 0.3 is 0 Å². The molecule has 1 aliphatic rings. The molecule has 1 aromatic heterocycles. The molecule has 12 heavy (non-hydrogen) atoms. The first kappa shape index (κ1) is 7.84. The van der Waals surface area contributed by atoms with E-state index in [1.165, 1.54) is 12.0 Å². The van der Waals surface area contributed by atoms with Gasteiger partial charge in [-0.2, -0.15) is 0 Å². The van der Waals surface area contributed by atoms with Gasteiger partial charge in [-0.15, -0.1) is 0 Å². The third kappa shape index (κ3) is 1.15. The molecule has 1 aromatic rings. The number of nitrogens with zero attached hydrogens (tertiary/aromatic N) is 1. The van der Waals surface area contributed by atoms with Crippen LogP contribution >= 0.6 is 0 Å². The fraction of sp³-hybridized carbons (Fsp3) is 0.700. The molecule has 2 nitrogen and oxygen atoms in total. The summed E-state index contributed by atoms with van der Waals surface area (Å²) in [6.07, 6.45) is 4.14. The largest absolute Gasteiger partial charge is 0.361 e. The second kappa shape index (κ2) is 2.35. The summed E-state index contributed by atoms with van der Waals surface area (Å²) in [5, 5.41) is 3.84. The van der Waals surface area contributed by atoms with E-state index in [1.54, 1.807) is 0 Å². The highest BCUT2D eigenvalue weighted by atomic mass is 16.5. The number of fused-ring (bicyclic) bond motifs is 1. The first-order valence-electron chi connectivity index (χ1n) is 4.52. The Hall–Kier alpha value is -0.790. The lowest BCUT2D eigenvalue weighted by Crippen LogP contribution is -2.23. The molecule has 1 atom stereocenters. The standard InChI is InChI=1S/C10H15NO/c1-7-4-10(2,3)5-9-8(7)6-11-12-9/h6-7H,4-5H2,1-3H3/t7-/m1/s1. The van der Waals surface area contributed by atoms with Gasteiger partial charge in [-0.1, -0.05) is 25.9 Å². The molecular formula is C10H15NO. The van der Waals surface area contributed by atoms with E-state index in [-0.39, 0.29) is 0 Å². The van der Waals surface area contributed by atoms with Crippen LogP contribution in [-0.2, 0) is 6.42 Å². The van der Waals surface area contributed by atoms with E-state index < -0.39 is 0 Å². The molecule has 0 amide bonds. The van der Waals surface area contributed by atoms with Crippen LogP contribution in [0.2, 0.25) is 0 Å². The molecule has 0 bridgehead atoms. The molecule has 0 radical (unpaired) electrons. The van der Waals surface area contributed by atoms with Gasteiger partial charge < -0.3 is 4.52 Å². The molecule has 0 fully saturated rings. The van der Waals surface area contributed by atoms with Crippen LogP contribution in [0.15, 0.2) is 10.7 Å². The monoisotopic (exact) mass is 165 g/mol. The summed E-state index contributed by atoms with van der Waals surface area (Å²) < 4.78 is 5.21. The Kier molecular flexibility index (Phi) is 1.53. The van der Waals surface area contributed by atoms with Gasteiger partial charge in [0.25, 0.3) is 0 Å². The normalized spacial score (nSPS) is 26.8. The minimum absolute atomic E-state index is 0.381. The minimum atomic E-state index is 0.381. The van der Waals surface area contributed by atoms with E-state index in [4.69, 9.17) is 4.52 Å². The smallest absolute Gasteiger partial charge is 0.140 e. The van der Waals surface area contributed by atoms with E-state index in [0.717, 1.165) is 12.2 Å². The maximum absolute atomic E-state index is 5.21. The molecular weight excluding hydrogens is 150 g/mol. The van der Waals surface area contributed by atoms with E-state index in [2.05, 4.69) is 25.9 Å². The Morgan fingerprint density at radius 3 is 3.08 bits per heavy atom. The molecule has 2 rings (SSSR count). The lowest BCUT2D eigenvalue weighted by atomic mass is 9.72. The van der Waals surface area contributed by atoms with Gasteiger partial charge in [0.2, 0.25) is 0 Å². The quantitative estimate of drug-likeness (QED) is 0.590. The molecule has 66 valence electrons. The van der Waals surface area contributed by atoms with Crippen LogP contribution in [0.25, 0.3) is 0 Å². The van der Waals surface area contributed by atoms with Crippen molar-refractivity contribution in [1.29, 1.82) is 0 Å². The number of hydrogen-bond donors (Lipinski definition) is 0. The molecule has 0 unspecified atom stereocenters. The van der Waals surface area contributed by atoms with Gasteiger partial charge in [0.05, 0.1) is 6.20 Å². The highest BCUT2D eigenvalue weighted by Crippen LogP contribution is 2.41. The van der Waals surface area contributed by atoms with Crippen molar-refractivity contribution in [2.45, 2.75) is 39.5 Å². The highest BCUT2D eigenvalue weighted by molar-refractivity contribution is 5.23. The van der Waals surface area contributed by atoms with E-state index in [0.29, 0.717) is 11.3 Å². The second-order valence-corrected chi connectivity index (χ2v) is 4.65. The van der Waals surface area contributed by atoms with E-state index in [9.17, 15) is 0 Å². The Morgan fingerprint density at radius 2 is 2.33 bits per heavy atom. The van der Waals surface area contributed by atoms with E-state index >= 15 is 0 Å². The Labute approximate surface area is 72.9 Å². The molecule has 0 aromatic carbocycles. The summed E-state index contributed by atoms with van der Waals surface area (Å²) in [4.78, 5) is 0. The van der Waals surface area contributed by atoms with Gasteiger partial charge in [0.15, 0.2) is 0 Å². The number of aromatic nitrogens is 1. The summed E-state index contributed by atoms with van der Waals surface area (Å²) in [6.45, 7) is 6.82. The summed E-state index contributed by atoms with van der Waals surface area (Å²) >= 11 is 0. The van der Waals surface area contributed by atoms with Gasteiger partial charge in [-0.3, -0.25) is 0 Å².